The van der Waals surface area contributed by atoms with Gasteiger partial charge in [-0.1, -0.05) is 6.92 Å². The van der Waals surface area contributed by atoms with Gasteiger partial charge in [0, 0.05) is 44.6 Å². The lowest BCUT2D eigenvalue weighted by atomic mass is 10.0. The fourth-order valence-corrected chi connectivity index (χ4v) is 3.27. The molecule has 0 spiro atoms. The molecule has 18 heavy (non-hydrogen) atoms. The van der Waals surface area contributed by atoms with Gasteiger partial charge in [0.25, 0.3) is 0 Å². The molecule has 0 aromatic carbocycles. The molecule has 0 unspecified atom stereocenters. The zero-order valence-corrected chi connectivity index (χ0v) is 11.3. The normalized spacial score (nSPS) is 29.6. The molecule has 1 aromatic heterocycles. The standard InChI is InChI=1S/C14H22N4/c1-3-11(2)17-7-12-9-18(10-13(12)8-17)14-15-5-4-6-16-14/h4-6,11-13H,3,7-10H2,1-2H3/t11-,12-,13+/m0/s1. The van der Waals surface area contributed by atoms with Crippen molar-refractivity contribution in [2.24, 2.45) is 11.8 Å². The van der Waals surface area contributed by atoms with Crippen molar-refractivity contribution in [3.8, 4) is 0 Å². The van der Waals surface area contributed by atoms with Crippen molar-refractivity contribution in [1.82, 2.24) is 14.9 Å². The largest absolute Gasteiger partial charge is 0.340 e. The highest BCUT2D eigenvalue weighted by Crippen LogP contribution is 2.33. The van der Waals surface area contributed by atoms with Crippen LogP contribution >= 0.6 is 0 Å². The van der Waals surface area contributed by atoms with Crippen molar-refractivity contribution in [3.63, 3.8) is 0 Å². The van der Waals surface area contributed by atoms with Gasteiger partial charge < -0.3 is 4.90 Å². The smallest absolute Gasteiger partial charge is 0.225 e. The summed E-state index contributed by atoms with van der Waals surface area (Å²) >= 11 is 0. The maximum Gasteiger partial charge on any atom is 0.225 e. The van der Waals surface area contributed by atoms with Crippen molar-refractivity contribution in [2.75, 3.05) is 31.1 Å². The van der Waals surface area contributed by atoms with Gasteiger partial charge in [0.1, 0.15) is 0 Å². The third kappa shape index (κ3) is 2.09. The fourth-order valence-electron chi connectivity index (χ4n) is 3.27. The molecule has 0 aliphatic carbocycles. The van der Waals surface area contributed by atoms with E-state index in [1.54, 1.807) is 0 Å². The Kier molecular flexibility index (Phi) is 3.20. The van der Waals surface area contributed by atoms with Crippen LogP contribution in [0.25, 0.3) is 0 Å². The molecule has 98 valence electrons. The van der Waals surface area contributed by atoms with Crippen LogP contribution in [0.15, 0.2) is 18.5 Å². The maximum atomic E-state index is 4.36. The molecule has 2 aliphatic rings. The van der Waals surface area contributed by atoms with Crippen molar-refractivity contribution in [1.29, 1.82) is 0 Å². The Labute approximate surface area is 109 Å². The first kappa shape index (κ1) is 11.9. The number of fused-ring (bicyclic) bond motifs is 1. The van der Waals surface area contributed by atoms with Crippen LogP contribution in [0.2, 0.25) is 0 Å². The second-order valence-electron chi connectivity index (χ2n) is 5.69. The average molecular weight is 246 g/mol. The highest BCUT2D eigenvalue weighted by molar-refractivity contribution is 5.31. The van der Waals surface area contributed by atoms with E-state index in [4.69, 9.17) is 0 Å². The molecule has 0 N–H and O–H groups in total. The lowest BCUT2D eigenvalue weighted by molar-refractivity contribution is 0.237. The number of hydrogen-bond acceptors (Lipinski definition) is 4. The third-order valence-corrected chi connectivity index (χ3v) is 4.56. The molecule has 2 aliphatic heterocycles. The topological polar surface area (TPSA) is 32.3 Å². The number of likely N-dealkylation sites (tertiary alicyclic amines) is 1. The van der Waals surface area contributed by atoms with E-state index in [0.717, 1.165) is 36.9 Å². The highest BCUT2D eigenvalue weighted by Gasteiger charge is 2.41. The van der Waals surface area contributed by atoms with Gasteiger partial charge in [-0.25, -0.2) is 9.97 Å². The van der Waals surface area contributed by atoms with Gasteiger partial charge in [-0.15, -0.1) is 0 Å². The molecule has 2 fully saturated rings. The van der Waals surface area contributed by atoms with Crippen molar-refractivity contribution >= 4 is 5.95 Å². The Morgan fingerprint density at radius 2 is 1.78 bits per heavy atom. The zero-order valence-electron chi connectivity index (χ0n) is 11.3. The summed E-state index contributed by atoms with van der Waals surface area (Å²) in [6.07, 6.45) is 4.93. The monoisotopic (exact) mass is 246 g/mol. The predicted molar refractivity (Wildman–Crippen MR) is 72.6 cm³/mol. The van der Waals surface area contributed by atoms with E-state index in [1.807, 2.05) is 18.5 Å². The summed E-state index contributed by atoms with van der Waals surface area (Å²) in [6.45, 7) is 9.39. The van der Waals surface area contributed by atoms with Gasteiger partial charge in [-0.3, -0.25) is 4.90 Å². The number of rotatable bonds is 3. The quantitative estimate of drug-likeness (QED) is 0.811. The minimum absolute atomic E-state index is 0.733. The van der Waals surface area contributed by atoms with E-state index in [0.29, 0.717) is 0 Å². The molecule has 4 nitrogen and oxygen atoms in total. The molecule has 3 heterocycles. The maximum absolute atomic E-state index is 4.36. The van der Waals surface area contributed by atoms with Gasteiger partial charge in [-0.2, -0.15) is 0 Å². The first-order valence-corrected chi connectivity index (χ1v) is 7.04. The molecule has 0 radical (unpaired) electrons. The molecule has 0 amide bonds. The summed E-state index contributed by atoms with van der Waals surface area (Å²) in [5, 5.41) is 0. The first-order valence-electron chi connectivity index (χ1n) is 7.04. The number of nitrogens with zero attached hydrogens (tertiary/aromatic N) is 4. The first-order chi connectivity index (χ1) is 8.78. The molecule has 0 bridgehead atoms. The summed E-state index contributed by atoms with van der Waals surface area (Å²) < 4.78 is 0. The van der Waals surface area contributed by atoms with Crippen molar-refractivity contribution in [2.45, 2.75) is 26.3 Å². The van der Waals surface area contributed by atoms with Crippen molar-refractivity contribution in [3.05, 3.63) is 18.5 Å². The Morgan fingerprint density at radius 3 is 2.33 bits per heavy atom. The van der Waals surface area contributed by atoms with Gasteiger partial charge in [-0.05, 0) is 31.2 Å². The van der Waals surface area contributed by atoms with E-state index in [2.05, 4.69) is 33.6 Å². The molecule has 3 rings (SSSR count). The molecule has 1 aromatic rings. The van der Waals surface area contributed by atoms with Crippen LogP contribution < -0.4 is 4.90 Å². The average Bonchev–Trinajstić information content (AvgIpc) is 2.97. The van der Waals surface area contributed by atoms with Crippen LogP contribution in [0.5, 0.6) is 0 Å². The molecule has 0 saturated carbocycles. The Balaban J connectivity index is 1.63. The molecule has 3 atom stereocenters. The van der Waals surface area contributed by atoms with Crippen molar-refractivity contribution < 1.29 is 0 Å². The number of anilines is 1. The van der Waals surface area contributed by atoms with Crippen LogP contribution in [-0.2, 0) is 0 Å². The summed E-state index contributed by atoms with van der Waals surface area (Å²) in [5.41, 5.74) is 0. The van der Waals surface area contributed by atoms with Gasteiger partial charge in [0.2, 0.25) is 5.95 Å². The minimum atomic E-state index is 0.733. The zero-order chi connectivity index (χ0) is 12.5. The van der Waals surface area contributed by atoms with E-state index in [9.17, 15) is 0 Å². The molecule has 4 heteroatoms. The number of aromatic nitrogens is 2. The van der Waals surface area contributed by atoms with Crippen LogP contribution in [0, 0.1) is 11.8 Å². The highest BCUT2D eigenvalue weighted by atomic mass is 15.3. The van der Waals surface area contributed by atoms with E-state index in [1.165, 1.54) is 19.5 Å². The second-order valence-corrected chi connectivity index (χ2v) is 5.69. The van der Waals surface area contributed by atoms with Crippen LogP contribution in [-0.4, -0.2) is 47.1 Å². The van der Waals surface area contributed by atoms with E-state index < -0.39 is 0 Å². The van der Waals surface area contributed by atoms with E-state index >= 15 is 0 Å². The Bertz CT molecular complexity index is 380. The third-order valence-electron chi connectivity index (χ3n) is 4.56. The van der Waals surface area contributed by atoms with Gasteiger partial charge in [0.05, 0.1) is 0 Å². The van der Waals surface area contributed by atoms with Gasteiger partial charge >= 0.3 is 0 Å². The lowest BCUT2D eigenvalue weighted by Gasteiger charge is -2.25. The predicted octanol–water partition coefficient (Wildman–Crippen LogP) is 1.64. The van der Waals surface area contributed by atoms with Crippen LogP contribution in [0.1, 0.15) is 20.3 Å². The van der Waals surface area contributed by atoms with Crippen LogP contribution in [0.3, 0.4) is 0 Å². The summed E-state index contributed by atoms with van der Waals surface area (Å²) in [7, 11) is 0. The molecular weight excluding hydrogens is 224 g/mol. The van der Waals surface area contributed by atoms with E-state index in [-0.39, 0.29) is 0 Å². The summed E-state index contributed by atoms with van der Waals surface area (Å²) in [4.78, 5) is 13.7. The second kappa shape index (κ2) is 4.84. The van der Waals surface area contributed by atoms with Crippen LogP contribution in [0.4, 0.5) is 5.95 Å². The Morgan fingerprint density at radius 1 is 1.17 bits per heavy atom. The summed E-state index contributed by atoms with van der Waals surface area (Å²) in [6, 6.07) is 2.61. The SMILES string of the molecule is CC[C@H](C)N1C[C@H]2CN(c3ncccn3)C[C@H]2C1. The molecular formula is C14H22N4. The Hall–Kier alpha value is -1.16. The summed E-state index contributed by atoms with van der Waals surface area (Å²) in [5.74, 6) is 2.52. The number of hydrogen-bond donors (Lipinski definition) is 0. The molecule has 2 saturated heterocycles. The minimum Gasteiger partial charge on any atom is -0.340 e. The lowest BCUT2D eigenvalue weighted by Crippen LogP contribution is -2.34. The fraction of sp³-hybridized carbons (Fsp3) is 0.714. The van der Waals surface area contributed by atoms with Gasteiger partial charge in [0.15, 0.2) is 0 Å².